The highest BCUT2D eigenvalue weighted by Gasteiger charge is 2.23. The van der Waals surface area contributed by atoms with E-state index in [0.717, 1.165) is 31.7 Å². The zero-order valence-corrected chi connectivity index (χ0v) is 10.7. The summed E-state index contributed by atoms with van der Waals surface area (Å²) in [6.45, 7) is 3.32. The molecule has 0 aromatic carbocycles. The van der Waals surface area contributed by atoms with Crippen LogP contribution in [0.3, 0.4) is 0 Å². The van der Waals surface area contributed by atoms with Gasteiger partial charge in [0.25, 0.3) is 0 Å². The molecule has 1 aliphatic heterocycles. The maximum absolute atomic E-state index is 11.2. The molecule has 0 spiro atoms. The Balaban J connectivity index is 2.30. The number of aromatic carboxylic acids is 1. The van der Waals surface area contributed by atoms with Gasteiger partial charge in [-0.2, -0.15) is 0 Å². The van der Waals surface area contributed by atoms with Crippen molar-refractivity contribution in [2.75, 3.05) is 25.2 Å². The Kier molecular flexibility index (Phi) is 3.81. The first-order chi connectivity index (χ1) is 8.59. The van der Waals surface area contributed by atoms with E-state index in [0.29, 0.717) is 11.9 Å². The predicted molar refractivity (Wildman–Crippen MR) is 68.2 cm³/mol. The summed E-state index contributed by atoms with van der Waals surface area (Å²) in [6, 6.07) is 3.65. The van der Waals surface area contributed by atoms with Gasteiger partial charge in [0, 0.05) is 32.0 Å². The molecule has 1 fully saturated rings. The molecule has 5 heteroatoms. The molecule has 1 aliphatic rings. The molecule has 1 saturated heterocycles. The van der Waals surface area contributed by atoms with Crippen molar-refractivity contribution in [2.45, 2.75) is 25.8 Å². The summed E-state index contributed by atoms with van der Waals surface area (Å²) in [4.78, 5) is 17.6. The van der Waals surface area contributed by atoms with Gasteiger partial charge < -0.3 is 14.7 Å². The van der Waals surface area contributed by atoms with E-state index in [4.69, 9.17) is 4.74 Å². The Morgan fingerprint density at radius 2 is 2.11 bits per heavy atom. The summed E-state index contributed by atoms with van der Waals surface area (Å²) in [5, 5.41) is 9.21. The Bertz CT molecular complexity index is 442. The minimum absolute atomic E-state index is 0.259. The predicted octanol–water partition coefficient (Wildman–Crippen LogP) is 1.70. The van der Waals surface area contributed by atoms with Crippen LogP contribution < -0.4 is 4.90 Å². The van der Waals surface area contributed by atoms with Crippen molar-refractivity contribution in [1.29, 1.82) is 0 Å². The van der Waals surface area contributed by atoms with E-state index in [1.54, 1.807) is 12.1 Å². The Morgan fingerprint density at radius 3 is 2.72 bits per heavy atom. The van der Waals surface area contributed by atoms with Crippen LogP contribution in [0.1, 0.15) is 28.9 Å². The van der Waals surface area contributed by atoms with E-state index < -0.39 is 5.97 Å². The Morgan fingerprint density at radius 1 is 1.44 bits per heavy atom. The van der Waals surface area contributed by atoms with Crippen LogP contribution in [-0.2, 0) is 4.74 Å². The largest absolute Gasteiger partial charge is 0.478 e. The lowest BCUT2D eigenvalue weighted by atomic mass is 10.1. The topological polar surface area (TPSA) is 62.7 Å². The van der Waals surface area contributed by atoms with Crippen LogP contribution >= 0.6 is 0 Å². The molecule has 2 rings (SSSR count). The maximum atomic E-state index is 11.2. The van der Waals surface area contributed by atoms with E-state index in [1.807, 2.05) is 18.9 Å². The molecule has 1 aromatic heterocycles. The van der Waals surface area contributed by atoms with Gasteiger partial charge >= 0.3 is 5.97 Å². The number of carboxylic acids is 1. The van der Waals surface area contributed by atoms with Crippen molar-refractivity contribution < 1.29 is 14.6 Å². The Labute approximate surface area is 106 Å². The highest BCUT2D eigenvalue weighted by molar-refractivity contribution is 5.93. The van der Waals surface area contributed by atoms with Crippen molar-refractivity contribution in [2.24, 2.45) is 0 Å². The standard InChI is InChI=1S/C13H18N2O3/c1-9-3-4-11(13(16)17)12(14-9)15(2)10-5-7-18-8-6-10/h3-4,10H,5-8H2,1-2H3,(H,16,17). The second-order valence-electron chi connectivity index (χ2n) is 4.58. The number of anilines is 1. The number of aryl methyl sites for hydroxylation is 1. The summed E-state index contributed by atoms with van der Waals surface area (Å²) < 4.78 is 5.32. The van der Waals surface area contributed by atoms with Gasteiger partial charge in [0.2, 0.25) is 0 Å². The molecular formula is C13H18N2O3. The van der Waals surface area contributed by atoms with Gasteiger partial charge in [0.15, 0.2) is 0 Å². The number of rotatable bonds is 3. The molecule has 98 valence electrons. The van der Waals surface area contributed by atoms with Crippen molar-refractivity contribution in [3.05, 3.63) is 23.4 Å². The van der Waals surface area contributed by atoms with Gasteiger partial charge in [0.05, 0.1) is 0 Å². The molecule has 2 heterocycles. The van der Waals surface area contributed by atoms with E-state index >= 15 is 0 Å². The van der Waals surface area contributed by atoms with Crippen LogP contribution in [-0.4, -0.2) is 42.4 Å². The number of carboxylic acid groups (broad SMARTS) is 1. The fraction of sp³-hybridized carbons (Fsp3) is 0.538. The van der Waals surface area contributed by atoms with Crippen LogP contribution in [0.2, 0.25) is 0 Å². The van der Waals surface area contributed by atoms with Gasteiger partial charge in [-0.15, -0.1) is 0 Å². The van der Waals surface area contributed by atoms with Crippen molar-refractivity contribution >= 4 is 11.8 Å². The molecule has 0 aliphatic carbocycles. The van der Waals surface area contributed by atoms with Crippen molar-refractivity contribution in [1.82, 2.24) is 4.98 Å². The van der Waals surface area contributed by atoms with Gasteiger partial charge in [0.1, 0.15) is 11.4 Å². The minimum Gasteiger partial charge on any atom is -0.478 e. The number of carbonyl (C=O) groups is 1. The van der Waals surface area contributed by atoms with Crippen LogP contribution in [0.4, 0.5) is 5.82 Å². The lowest BCUT2D eigenvalue weighted by Crippen LogP contribution is -2.38. The van der Waals surface area contributed by atoms with Gasteiger partial charge in [-0.1, -0.05) is 0 Å². The van der Waals surface area contributed by atoms with Crippen molar-refractivity contribution in [3.63, 3.8) is 0 Å². The molecule has 0 radical (unpaired) electrons. The summed E-state index contributed by atoms with van der Waals surface area (Å²) in [5.74, 6) is -0.384. The zero-order chi connectivity index (χ0) is 13.1. The normalized spacial score (nSPS) is 16.6. The maximum Gasteiger partial charge on any atom is 0.339 e. The second-order valence-corrected chi connectivity index (χ2v) is 4.58. The number of hydrogen-bond acceptors (Lipinski definition) is 4. The number of pyridine rings is 1. The SMILES string of the molecule is Cc1ccc(C(=O)O)c(N(C)C2CCOCC2)n1. The smallest absolute Gasteiger partial charge is 0.339 e. The number of hydrogen-bond donors (Lipinski definition) is 1. The first-order valence-electron chi connectivity index (χ1n) is 6.11. The van der Waals surface area contributed by atoms with Crippen LogP contribution in [0.5, 0.6) is 0 Å². The third-order valence-corrected chi connectivity index (χ3v) is 3.32. The molecule has 5 nitrogen and oxygen atoms in total. The fourth-order valence-electron chi connectivity index (χ4n) is 2.22. The summed E-state index contributed by atoms with van der Waals surface area (Å²) >= 11 is 0. The van der Waals surface area contributed by atoms with Crippen molar-refractivity contribution in [3.8, 4) is 0 Å². The summed E-state index contributed by atoms with van der Waals surface area (Å²) in [5.41, 5.74) is 1.09. The minimum atomic E-state index is -0.934. The highest BCUT2D eigenvalue weighted by Crippen LogP contribution is 2.23. The molecule has 0 amide bonds. The zero-order valence-electron chi connectivity index (χ0n) is 10.7. The first-order valence-corrected chi connectivity index (χ1v) is 6.11. The third kappa shape index (κ3) is 2.61. The lowest BCUT2D eigenvalue weighted by molar-refractivity contribution is 0.0696. The van der Waals surface area contributed by atoms with Crippen LogP contribution in [0, 0.1) is 6.92 Å². The summed E-state index contributed by atoms with van der Waals surface area (Å²) in [6.07, 6.45) is 1.82. The number of aromatic nitrogens is 1. The van der Waals surface area contributed by atoms with Gasteiger partial charge in [-0.05, 0) is 31.9 Å². The van der Waals surface area contributed by atoms with Gasteiger partial charge in [-0.25, -0.2) is 9.78 Å². The fourth-order valence-corrected chi connectivity index (χ4v) is 2.22. The molecule has 1 N–H and O–H groups in total. The molecule has 18 heavy (non-hydrogen) atoms. The number of nitrogens with zero attached hydrogens (tertiary/aromatic N) is 2. The monoisotopic (exact) mass is 250 g/mol. The Hall–Kier alpha value is -1.62. The molecule has 0 saturated carbocycles. The van der Waals surface area contributed by atoms with E-state index in [-0.39, 0.29) is 5.56 Å². The average molecular weight is 250 g/mol. The summed E-state index contributed by atoms with van der Waals surface area (Å²) in [7, 11) is 1.91. The molecule has 1 aromatic rings. The molecule has 0 unspecified atom stereocenters. The second kappa shape index (κ2) is 5.35. The molecular weight excluding hydrogens is 232 g/mol. The van der Waals surface area contributed by atoms with E-state index in [1.165, 1.54) is 0 Å². The quantitative estimate of drug-likeness (QED) is 0.884. The first kappa shape index (κ1) is 12.8. The number of ether oxygens (including phenoxy) is 1. The highest BCUT2D eigenvalue weighted by atomic mass is 16.5. The molecule has 0 bridgehead atoms. The van der Waals surface area contributed by atoms with E-state index in [2.05, 4.69) is 4.98 Å². The average Bonchev–Trinajstić information content (AvgIpc) is 2.38. The van der Waals surface area contributed by atoms with Crippen LogP contribution in [0.15, 0.2) is 12.1 Å². The molecule has 0 atom stereocenters. The lowest BCUT2D eigenvalue weighted by Gasteiger charge is -2.32. The van der Waals surface area contributed by atoms with E-state index in [9.17, 15) is 9.90 Å². The van der Waals surface area contributed by atoms with Gasteiger partial charge in [-0.3, -0.25) is 0 Å². The third-order valence-electron chi connectivity index (χ3n) is 3.32. The van der Waals surface area contributed by atoms with Crippen LogP contribution in [0.25, 0.3) is 0 Å².